The smallest absolute Gasteiger partial charge is 0.410 e. The summed E-state index contributed by atoms with van der Waals surface area (Å²) in [7, 11) is 6.59. The maximum absolute atomic E-state index is 12.2. The van der Waals surface area contributed by atoms with Crippen molar-refractivity contribution in [3.8, 4) is 23.0 Å². The summed E-state index contributed by atoms with van der Waals surface area (Å²) in [5, 5.41) is 10.4. The van der Waals surface area contributed by atoms with Crippen molar-refractivity contribution in [1.29, 1.82) is 0 Å². The number of methoxy groups -OCH3 is 4. The van der Waals surface area contributed by atoms with E-state index >= 15 is 0 Å². The van der Waals surface area contributed by atoms with E-state index in [2.05, 4.69) is 16.0 Å². The van der Waals surface area contributed by atoms with Crippen LogP contribution in [0.25, 0.3) is 0 Å². The maximum atomic E-state index is 12.2. The molecule has 0 aromatic heterocycles. The zero-order chi connectivity index (χ0) is 29.8. The third kappa shape index (κ3) is 10.8. The number of likely N-dealkylation sites (tertiary alicyclic amines) is 1. The lowest BCUT2D eigenvalue weighted by atomic mass is 10.1. The first-order valence-corrected chi connectivity index (χ1v) is 14.3. The number of ether oxygens (including phenoxy) is 5. The van der Waals surface area contributed by atoms with Gasteiger partial charge in [0.05, 0.1) is 28.4 Å². The lowest BCUT2D eigenvalue weighted by Gasteiger charge is -2.34. The van der Waals surface area contributed by atoms with Crippen molar-refractivity contribution in [3.05, 3.63) is 36.4 Å². The highest BCUT2D eigenvalue weighted by atomic mass is 16.6. The summed E-state index contributed by atoms with van der Waals surface area (Å²) in [6, 6.07) is 12.2. The van der Waals surface area contributed by atoms with Crippen LogP contribution in [0.1, 0.15) is 46.5 Å². The van der Waals surface area contributed by atoms with Gasteiger partial charge in [-0.15, -0.1) is 0 Å². The molecule has 0 radical (unpaired) electrons. The molecule has 10 nitrogen and oxygen atoms in total. The van der Waals surface area contributed by atoms with E-state index in [-0.39, 0.29) is 12.1 Å². The van der Waals surface area contributed by atoms with E-state index in [4.69, 9.17) is 23.7 Å². The number of rotatable bonds is 8. The Kier molecular flexibility index (Phi) is 12.1. The normalized spacial score (nSPS) is 18.8. The Morgan fingerprint density at radius 3 is 1.71 bits per heavy atom. The minimum Gasteiger partial charge on any atom is -0.497 e. The van der Waals surface area contributed by atoms with Gasteiger partial charge < -0.3 is 44.5 Å². The van der Waals surface area contributed by atoms with Crippen LogP contribution in [0.5, 0.6) is 23.0 Å². The van der Waals surface area contributed by atoms with Crippen molar-refractivity contribution in [2.24, 2.45) is 0 Å². The van der Waals surface area contributed by atoms with E-state index in [9.17, 15) is 4.79 Å². The molecule has 2 aliphatic rings. The maximum Gasteiger partial charge on any atom is 0.410 e. The number of carbonyl (C=O) groups is 1. The predicted octanol–water partition coefficient (Wildman–Crippen LogP) is 5.38. The minimum absolute atomic E-state index is 0.170. The van der Waals surface area contributed by atoms with Gasteiger partial charge in [-0.25, -0.2) is 4.79 Å². The number of piperidine rings is 2. The summed E-state index contributed by atoms with van der Waals surface area (Å²) >= 11 is 0. The van der Waals surface area contributed by atoms with Crippen LogP contribution in [0, 0.1) is 0 Å². The molecule has 2 aliphatic heterocycles. The van der Waals surface area contributed by atoms with E-state index in [1.54, 1.807) is 33.3 Å². The van der Waals surface area contributed by atoms with Gasteiger partial charge in [-0.3, -0.25) is 0 Å². The number of carbonyl (C=O) groups excluding carboxylic acids is 1. The second-order valence-electron chi connectivity index (χ2n) is 11.3. The van der Waals surface area contributed by atoms with Crippen LogP contribution in [0.3, 0.4) is 0 Å². The van der Waals surface area contributed by atoms with Crippen molar-refractivity contribution in [2.75, 3.05) is 65.3 Å². The van der Waals surface area contributed by atoms with Crippen LogP contribution >= 0.6 is 0 Å². The summed E-state index contributed by atoms with van der Waals surface area (Å²) in [5.41, 5.74) is 1.49. The molecule has 3 N–H and O–H groups in total. The summed E-state index contributed by atoms with van der Waals surface area (Å²) in [5.74, 6) is 3.10. The van der Waals surface area contributed by atoms with E-state index in [1.807, 2.05) is 57.2 Å². The Bertz CT molecular complexity index is 1060. The molecule has 2 aromatic carbocycles. The molecule has 2 heterocycles. The second-order valence-corrected chi connectivity index (χ2v) is 11.3. The van der Waals surface area contributed by atoms with Crippen molar-refractivity contribution < 1.29 is 28.5 Å². The molecule has 2 saturated heterocycles. The zero-order valence-corrected chi connectivity index (χ0v) is 25.7. The monoisotopic (exact) mass is 572 g/mol. The minimum atomic E-state index is -0.475. The fourth-order valence-corrected chi connectivity index (χ4v) is 4.82. The number of nitrogens with one attached hydrogen (secondary N) is 3. The van der Waals surface area contributed by atoms with Gasteiger partial charge in [0, 0.05) is 79.5 Å². The number of benzene rings is 2. The average molecular weight is 573 g/mol. The van der Waals surface area contributed by atoms with E-state index in [1.165, 1.54) is 12.8 Å². The third-order valence-corrected chi connectivity index (χ3v) is 6.81. The number of nitrogens with zero attached hydrogens (tertiary/aromatic N) is 1. The van der Waals surface area contributed by atoms with E-state index in [0.717, 1.165) is 66.8 Å². The Balaban J connectivity index is 0.000000239. The van der Waals surface area contributed by atoms with Crippen LogP contribution in [-0.4, -0.2) is 83.3 Å². The van der Waals surface area contributed by atoms with Crippen molar-refractivity contribution >= 4 is 17.5 Å². The predicted molar refractivity (Wildman–Crippen MR) is 163 cm³/mol. The van der Waals surface area contributed by atoms with Gasteiger partial charge in [-0.1, -0.05) is 0 Å². The molecule has 0 unspecified atom stereocenters. The molecule has 1 amide bonds. The molecule has 0 saturated carbocycles. The van der Waals surface area contributed by atoms with E-state index < -0.39 is 5.60 Å². The van der Waals surface area contributed by atoms with Gasteiger partial charge in [-0.05, 0) is 53.0 Å². The van der Waals surface area contributed by atoms with Crippen LogP contribution in [0.4, 0.5) is 16.2 Å². The summed E-state index contributed by atoms with van der Waals surface area (Å²) in [4.78, 5) is 14.0. The van der Waals surface area contributed by atoms with Gasteiger partial charge in [-0.2, -0.15) is 0 Å². The fraction of sp³-hybridized carbons (Fsp3) is 0.581. The number of hydrogen-bond acceptors (Lipinski definition) is 9. The highest BCUT2D eigenvalue weighted by Gasteiger charge is 2.27. The number of amides is 1. The van der Waals surface area contributed by atoms with Crippen molar-refractivity contribution in [1.82, 2.24) is 10.2 Å². The zero-order valence-electron chi connectivity index (χ0n) is 25.7. The Labute approximate surface area is 245 Å². The SMILES string of the molecule is COc1cc(N[C@@H]2CCCN(C(=O)OC(C)(C)C)C2)cc(OC)c1.COc1cc(N[C@@H]2CCCNC2)cc(OC)c1. The molecular weight excluding hydrogens is 524 g/mol. The molecule has 10 heteroatoms. The van der Waals surface area contributed by atoms with Crippen LogP contribution in [0.15, 0.2) is 36.4 Å². The third-order valence-electron chi connectivity index (χ3n) is 6.81. The first-order chi connectivity index (χ1) is 19.6. The molecule has 0 aliphatic carbocycles. The molecule has 0 spiro atoms. The molecular formula is C31H48N4O6. The lowest BCUT2D eigenvalue weighted by molar-refractivity contribution is 0.0206. The van der Waals surface area contributed by atoms with Crippen LogP contribution in [-0.2, 0) is 4.74 Å². The Morgan fingerprint density at radius 2 is 1.27 bits per heavy atom. The molecule has 4 rings (SSSR count). The fourth-order valence-electron chi connectivity index (χ4n) is 4.82. The Morgan fingerprint density at radius 1 is 0.780 bits per heavy atom. The van der Waals surface area contributed by atoms with Crippen molar-refractivity contribution in [3.63, 3.8) is 0 Å². The van der Waals surface area contributed by atoms with Gasteiger partial charge >= 0.3 is 6.09 Å². The van der Waals surface area contributed by atoms with Gasteiger partial charge in [0.25, 0.3) is 0 Å². The summed E-state index contributed by atoms with van der Waals surface area (Å²) < 4.78 is 26.6. The first-order valence-electron chi connectivity index (χ1n) is 14.3. The number of hydrogen-bond donors (Lipinski definition) is 3. The van der Waals surface area contributed by atoms with Gasteiger partial charge in [0.1, 0.15) is 28.6 Å². The molecule has 2 atom stereocenters. The molecule has 228 valence electrons. The highest BCUT2D eigenvalue weighted by molar-refractivity contribution is 5.68. The van der Waals surface area contributed by atoms with Crippen LogP contribution in [0.2, 0.25) is 0 Å². The first kappa shape index (κ1) is 32.0. The second kappa shape index (κ2) is 15.5. The molecule has 41 heavy (non-hydrogen) atoms. The Hall–Kier alpha value is -3.53. The van der Waals surface area contributed by atoms with Gasteiger partial charge in [0.2, 0.25) is 0 Å². The molecule has 2 fully saturated rings. The standard InChI is InChI=1S/C18H28N2O4.C13H20N2O2/c1-18(2,3)24-17(21)20-8-6-7-13(12-20)19-14-9-15(22-4)11-16(10-14)23-5;1-16-12-6-11(7-13(8-12)17-2)15-10-4-3-5-14-9-10/h9-11,13,19H,6-8,12H2,1-5H3;6-8,10,14-15H,3-5,9H2,1-2H3/t13-;10-/m11/s1. The van der Waals surface area contributed by atoms with Gasteiger partial charge in [0.15, 0.2) is 0 Å². The molecule has 2 aromatic rings. The summed E-state index contributed by atoms with van der Waals surface area (Å²) in [6.07, 6.45) is 4.11. The quantitative estimate of drug-likeness (QED) is 0.385. The van der Waals surface area contributed by atoms with Crippen LogP contribution < -0.4 is 34.9 Å². The van der Waals surface area contributed by atoms with E-state index in [0.29, 0.717) is 12.6 Å². The largest absolute Gasteiger partial charge is 0.497 e. The van der Waals surface area contributed by atoms with Crippen molar-refractivity contribution in [2.45, 2.75) is 64.1 Å². The molecule has 0 bridgehead atoms. The summed E-state index contributed by atoms with van der Waals surface area (Å²) in [6.45, 7) is 9.13. The average Bonchev–Trinajstić information content (AvgIpc) is 2.96. The topological polar surface area (TPSA) is 103 Å². The number of anilines is 2. The lowest BCUT2D eigenvalue weighted by Crippen LogP contribution is -2.46. The highest BCUT2D eigenvalue weighted by Crippen LogP contribution is 2.28.